The summed E-state index contributed by atoms with van der Waals surface area (Å²) in [6.07, 6.45) is 12.8. The molecule has 3 heterocycles. The maximum atomic E-state index is 11.6. The Labute approximate surface area is 303 Å². The predicted octanol–water partition coefficient (Wildman–Crippen LogP) is 8.86. The van der Waals surface area contributed by atoms with Gasteiger partial charge in [-0.25, -0.2) is 19.4 Å². The minimum atomic E-state index is -0.281. The molecular weight excluding hydrogens is 683 g/mol. The molecule has 0 aliphatic heterocycles. The molecule has 0 bridgehead atoms. The Hall–Kier alpha value is -3.34. The highest BCUT2D eigenvalue weighted by atomic mass is 32.1. The Balaban J connectivity index is 0.000000201. The molecule has 2 fully saturated rings. The van der Waals surface area contributed by atoms with E-state index in [0.717, 1.165) is 37.1 Å². The van der Waals surface area contributed by atoms with E-state index in [1.165, 1.54) is 116 Å². The van der Waals surface area contributed by atoms with E-state index in [4.69, 9.17) is 4.84 Å². The minimum Gasteiger partial charge on any atom is -0.331 e. The average molecular weight is 736 g/mol. The van der Waals surface area contributed by atoms with E-state index in [9.17, 15) is 14.4 Å². The highest BCUT2D eigenvalue weighted by Crippen LogP contribution is 2.35. The SMILES string of the molecule is CC(C)c1cc(NC(=O)N(C)C)sn1.CN(C)C(=O)Nc1cc(C2CCCCC2)ns1.CON(C)C(=O)Nc1cc(C2CCCCC2)ns1. The largest absolute Gasteiger partial charge is 0.346 e. The molecule has 0 aromatic carbocycles. The van der Waals surface area contributed by atoms with E-state index in [0.29, 0.717) is 17.8 Å². The molecule has 3 aromatic heterocycles. The topological polar surface area (TPSA) is 145 Å². The van der Waals surface area contributed by atoms with Gasteiger partial charge in [0.2, 0.25) is 0 Å². The number of nitrogens with zero attached hydrogens (tertiary/aromatic N) is 6. The summed E-state index contributed by atoms with van der Waals surface area (Å²) in [4.78, 5) is 42.2. The molecule has 16 heteroatoms. The van der Waals surface area contributed by atoms with Crippen molar-refractivity contribution in [3.63, 3.8) is 0 Å². The number of hydroxylamine groups is 2. The van der Waals surface area contributed by atoms with Gasteiger partial charge in [-0.3, -0.25) is 20.8 Å². The van der Waals surface area contributed by atoms with Crippen LogP contribution in [-0.2, 0) is 4.84 Å². The summed E-state index contributed by atoms with van der Waals surface area (Å²) < 4.78 is 13.1. The molecule has 0 saturated heterocycles. The van der Waals surface area contributed by atoms with Crippen LogP contribution in [0.25, 0.3) is 0 Å². The van der Waals surface area contributed by atoms with Crippen molar-refractivity contribution in [3.8, 4) is 0 Å². The van der Waals surface area contributed by atoms with Crippen molar-refractivity contribution < 1.29 is 19.2 Å². The predicted molar refractivity (Wildman–Crippen MR) is 201 cm³/mol. The van der Waals surface area contributed by atoms with Crippen molar-refractivity contribution in [2.75, 3.05) is 58.3 Å². The van der Waals surface area contributed by atoms with Crippen LogP contribution < -0.4 is 16.0 Å². The second-order valence-electron chi connectivity index (χ2n) is 12.9. The van der Waals surface area contributed by atoms with Gasteiger partial charge in [-0.2, -0.15) is 13.1 Å². The first-order valence-electron chi connectivity index (χ1n) is 16.8. The van der Waals surface area contributed by atoms with Crippen LogP contribution in [0.1, 0.15) is 113 Å². The highest BCUT2D eigenvalue weighted by molar-refractivity contribution is 7.11. The number of hydrogen-bond donors (Lipinski definition) is 3. The Morgan fingerprint density at radius 1 is 0.653 bits per heavy atom. The fourth-order valence-electron chi connectivity index (χ4n) is 5.20. The number of hydrogen-bond acceptors (Lipinski definition) is 10. The smallest absolute Gasteiger partial charge is 0.331 e. The maximum Gasteiger partial charge on any atom is 0.346 e. The van der Waals surface area contributed by atoms with Gasteiger partial charge in [-0.1, -0.05) is 52.4 Å². The molecule has 49 heavy (non-hydrogen) atoms. The lowest BCUT2D eigenvalue weighted by atomic mass is 9.87. The zero-order valence-corrected chi connectivity index (χ0v) is 32.5. The van der Waals surface area contributed by atoms with Crippen LogP contribution in [0.2, 0.25) is 0 Å². The summed E-state index contributed by atoms with van der Waals surface area (Å²) in [5.41, 5.74) is 3.29. The van der Waals surface area contributed by atoms with Crippen molar-refractivity contribution in [2.24, 2.45) is 0 Å². The summed E-state index contributed by atoms with van der Waals surface area (Å²) in [5, 5.41) is 12.0. The van der Waals surface area contributed by atoms with Gasteiger partial charge in [0, 0.05) is 47.1 Å². The van der Waals surface area contributed by atoms with E-state index >= 15 is 0 Å². The molecule has 3 aromatic rings. The summed E-state index contributed by atoms with van der Waals surface area (Å²) in [6, 6.07) is 5.44. The lowest BCUT2D eigenvalue weighted by Gasteiger charge is -2.19. The third kappa shape index (κ3) is 13.5. The van der Waals surface area contributed by atoms with Gasteiger partial charge in [-0.15, -0.1) is 0 Å². The first-order valence-corrected chi connectivity index (χ1v) is 19.1. The standard InChI is InChI=1S/C12H19N3O2S.C12H19N3OS.C9H15N3OS/c1-15(17-2)12(16)13-11-8-10(14-18-11)9-6-4-3-5-7-9;1-15(2)12(16)13-11-8-10(14-17-11)9-6-4-3-5-7-9;1-6(2)7-5-8(14-11-7)10-9(13)12(3)4/h8-9H,3-7H2,1-2H3,(H,13,16);8-9H,3-7H2,1-2H3,(H,13,16);5-6H,1-4H3,(H,10,13). The zero-order chi connectivity index (χ0) is 35.9. The second kappa shape index (κ2) is 20.4. The fourth-order valence-corrected chi connectivity index (χ4v) is 7.40. The minimum absolute atomic E-state index is 0.0937. The summed E-state index contributed by atoms with van der Waals surface area (Å²) >= 11 is 4.03. The average Bonchev–Trinajstić information content (AvgIpc) is 3.88. The first kappa shape index (κ1) is 40.1. The van der Waals surface area contributed by atoms with E-state index in [-0.39, 0.29) is 18.1 Å². The molecule has 6 amide bonds. The number of anilines is 3. The normalized spacial score (nSPS) is 14.9. The van der Waals surface area contributed by atoms with Crippen LogP contribution in [0.15, 0.2) is 18.2 Å². The molecule has 0 radical (unpaired) electrons. The Bertz CT molecular complexity index is 1440. The van der Waals surface area contributed by atoms with Crippen molar-refractivity contribution in [1.82, 2.24) is 28.0 Å². The van der Waals surface area contributed by atoms with Crippen LogP contribution in [0.4, 0.5) is 29.4 Å². The zero-order valence-electron chi connectivity index (χ0n) is 30.1. The molecular formula is C33H53N9O4S3. The summed E-state index contributed by atoms with van der Waals surface area (Å²) in [7, 11) is 9.91. The van der Waals surface area contributed by atoms with Crippen LogP contribution in [-0.4, -0.2) is 88.4 Å². The van der Waals surface area contributed by atoms with Gasteiger partial charge >= 0.3 is 18.1 Å². The number of carbonyl (C=O) groups is 3. The van der Waals surface area contributed by atoms with E-state index in [2.05, 4.69) is 42.9 Å². The molecule has 0 spiro atoms. The fraction of sp³-hybridized carbons (Fsp3) is 0.636. The van der Waals surface area contributed by atoms with Gasteiger partial charge in [0.05, 0.1) is 24.2 Å². The quantitative estimate of drug-likeness (QED) is 0.206. The number of urea groups is 3. The van der Waals surface area contributed by atoms with Gasteiger partial charge in [0.25, 0.3) is 0 Å². The number of rotatable bonds is 7. The molecule has 2 aliphatic rings. The van der Waals surface area contributed by atoms with Crippen LogP contribution in [0.3, 0.4) is 0 Å². The third-order valence-electron chi connectivity index (χ3n) is 8.29. The first-order chi connectivity index (χ1) is 23.4. The molecule has 5 rings (SSSR count). The van der Waals surface area contributed by atoms with E-state index in [1.807, 2.05) is 18.2 Å². The van der Waals surface area contributed by atoms with Crippen molar-refractivity contribution >= 4 is 67.7 Å². The van der Waals surface area contributed by atoms with Gasteiger partial charge in [0.15, 0.2) is 0 Å². The Morgan fingerprint density at radius 3 is 1.41 bits per heavy atom. The monoisotopic (exact) mass is 735 g/mol. The van der Waals surface area contributed by atoms with Gasteiger partial charge in [0.1, 0.15) is 15.0 Å². The Morgan fingerprint density at radius 2 is 1.04 bits per heavy atom. The summed E-state index contributed by atoms with van der Waals surface area (Å²) in [5.74, 6) is 1.57. The van der Waals surface area contributed by atoms with Gasteiger partial charge in [-0.05, 0) is 84.4 Å². The van der Waals surface area contributed by atoms with Crippen LogP contribution in [0.5, 0.6) is 0 Å². The van der Waals surface area contributed by atoms with Crippen molar-refractivity contribution in [3.05, 3.63) is 35.3 Å². The lowest BCUT2D eigenvalue weighted by Crippen LogP contribution is -2.29. The highest BCUT2D eigenvalue weighted by Gasteiger charge is 2.20. The third-order valence-corrected chi connectivity index (χ3v) is 10.4. The summed E-state index contributed by atoms with van der Waals surface area (Å²) in [6.45, 7) is 4.15. The van der Waals surface area contributed by atoms with Crippen LogP contribution in [0, 0.1) is 0 Å². The second-order valence-corrected chi connectivity index (χ2v) is 15.3. The van der Waals surface area contributed by atoms with Gasteiger partial charge < -0.3 is 9.80 Å². The molecule has 2 aliphatic carbocycles. The number of amides is 6. The molecule has 0 unspecified atom stereocenters. The number of aromatic nitrogens is 3. The van der Waals surface area contributed by atoms with E-state index < -0.39 is 0 Å². The molecule has 272 valence electrons. The van der Waals surface area contributed by atoms with Crippen molar-refractivity contribution in [2.45, 2.75) is 95.8 Å². The maximum absolute atomic E-state index is 11.6. The number of carbonyl (C=O) groups excluding carboxylic acids is 3. The van der Waals surface area contributed by atoms with Crippen molar-refractivity contribution in [1.29, 1.82) is 0 Å². The Kier molecular flexibility index (Phi) is 16.7. The molecule has 0 atom stereocenters. The number of nitrogens with one attached hydrogen (secondary N) is 3. The van der Waals surface area contributed by atoms with Crippen LogP contribution >= 0.6 is 34.6 Å². The molecule has 13 nitrogen and oxygen atoms in total. The van der Waals surface area contributed by atoms with E-state index in [1.54, 1.807) is 35.2 Å². The lowest BCUT2D eigenvalue weighted by molar-refractivity contribution is -0.0597. The molecule has 3 N–H and O–H groups in total. The molecule has 2 saturated carbocycles.